The first-order valence-corrected chi connectivity index (χ1v) is 8.47. The summed E-state index contributed by atoms with van der Waals surface area (Å²) >= 11 is 0. The van der Waals surface area contributed by atoms with Gasteiger partial charge in [-0.1, -0.05) is 29.8 Å². The van der Waals surface area contributed by atoms with Crippen molar-refractivity contribution in [3.63, 3.8) is 0 Å². The van der Waals surface area contributed by atoms with Crippen molar-refractivity contribution in [3.8, 4) is 5.75 Å². The second-order valence-corrected chi connectivity index (χ2v) is 5.77. The number of aryl methyl sites for hydroxylation is 1. The number of nitrogens with one attached hydrogen (secondary N) is 1. The largest absolute Gasteiger partial charge is 0.494 e. The predicted octanol–water partition coefficient (Wildman–Crippen LogP) is 3.98. The topological polar surface area (TPSA) is 64.6 Å². The Balaban J connectivity index is 1.86. The van der Waals surface area contributed by atoms with Crippen LogP contribution in [0.5, 0.6) is 5.75 Å². The van der Waals surface area contributed by atoms with E-state index in [4.69, 9.17) is 9.47 Å². The molecule has 5 heteroatoms. The highest BCUT2D eigenvalue weighted by molar-refractivity contribution is 5.96. The molecule has 0 aromatic heterocycles. The first-order chi connectivity index (χ1) is 12.5. The van der Waals surface area contributed by atoms with E-state index < -0.39 is 18.0 Å². The smallest absolute Gasteiger partial charge is 0.331 e. The first kappa shape index (κ1) is 19.2. The molecule has 2 aromatic carbocycles. The van der Waals surface area contributed by atoms with Gasteiger partial charge >= 0.3 is 5.97 Å². The molecular formula is C21H23NO4. The van der Waals surface area contributed by atoms with Crippen molar-refractivity contribution in [2.75, 3.05) is 11.9 Å². The maximum Gasteiger partial charge on any atom is 0.331 e. The van der Waals surface area contributed by atoms with Gasteiger partial charge in [-0.25, -0.2) is 4.79 Å². The predicted molar refractivity (Wildman–Crippen MR) is 102 cm³/mol. The number of carbonyl (C=O) groups excluding carboxylic acids is 2. The number of ether oxygens (including phenoxy) is 2. The molecule has 2 aromatic rings. The molecule has 26 heavy (non-hydrogen) atoms. The Morgan fingerprint density at radius 2 is 1.88 bits per heavy atom. The molecule has 0 unspecified atom stereocenters. The number of esters is 1. The summed E-state index contributed by atoms with van der Waals surface area (Å²) in [5.41, 5.74) is 2.61. The Bertz CT molecular complexity index is 781. The van der Waals surface area contributed by atoms with Crippen molar-refractivity contribution in [2.45, 2.75) is 26.9 Å². The van der Waals surface area contributed by atoms with Crippen LogP contribution in [0.25, 0.3) is 6.08 Å². The molecule has 0 saturated heterocycles. The molecule has 0 saturated carbocycles. The van der Waals surface area contributed by atoms with Crippen molar-refractivity contribution in [1.29, 1.82) is 0 Å². The minimum absolute atomic E-state index is 0.397. The van der Waals surface area contributed by atoms with Crippen molar-refractivity contribution in [3.05, 3.63) is 65.7 Å². The van der Waals surface area contributed by atoms with Gasteiger partial charge < -0.3 is 14.8 Å². The van der Waals surface area contributed by atoms with Gasteiger partial charge in [0.25, 0.3) is 5.91 Å². The fourth-order valence-electron chi connectivity index (χ4n) is 2.25. The summed E-state index contributed by atoms with van der Waals surface area (Å²) in [6.07, 6.45) is 2.07. The average molecular weight is 353 g/mol. The number of anilines is 1. The van der Waals surface area contributed by atoms with Gasteiger partial charge in [-0.05, 0) is 56.7 Å². The quantitative estimate of drug-likeness (QED) is 0.604. The second kappa shape index (κ2) is 9.42. The van der Waals surface area contributed by atoms with Crippen LogP contribution in [0.3, 0.4) is 0 Å². The minimum atomic E-state index is -0.906. The van der Waals surface area contributed by atoms with Crippen LogP contribution < -0.4 is 10.1 Å². The van der Waals surface area contributed by atoms with E-state index in [2.05, 4.69) is 5.32 Å². The molecule has 0 bridgehead atoms. The van der Waals surface area contributed by atoms with Gasteiger partial charge in [-0.3, -0.25) is 4.79 Å². The molecule has 0 aliphatic rings. The molecule has 2 rings (SSSR count). The normalized spacial score (nSPS) is 11.8. The van der Waals surface area contributed by atoms with Gasteiger partial charge in [0.05, 0.1) is 6.61 Å². The van der Waals surface area contributed by atoms with Crippen LogP contribution in [0.15, 0.2) is 54.6 Å². The van der Waals surface area contributed by atoms with Crippen molar-refractivity contribution < 1.29 is 19.1 Å². The number of amides is 1. The van der Waals surface area contributed by atoms with Gasteiger partial charge in [-0.2, -0.15) is 0 Å². The minimum Gasteiger partial charge on any atom is -0.494 e. The third-order valence-corrected chi connectivity index (χ3v) is 3.55. The lowest BCUT2D eigenvalue weighted by Gasteiger charge is -2.12. The summed E-state index contributed by atoms with van der Waals surface area (Å²) < 4.78 is 10.5. The molecule has 5 nitrogen and oxygen atoms in total. The lowest BCUT2D eigenvalue weighted by molar-refractivity contribution is -0.148. The molecule has 1 atom stereocenters. The molecular weight excluding hydrogens is 330 g/mol. The molecule has 0 spiro atoms. The van der Waals surface area contributed by atoms with Crippen LogP contribution in [0.1, 0.15) is 25.0 Å². The summed E-state index contributed by atoms with van der Waals surface area (Å²) in [5, 5.41) is 2.70. The maximum atomic E-state index is 12.1. The average Bonchev–Trinajstić information content (AvgIpc) is 2.62. The summed E-state index contributed by atoms with van der Waals surface area (Å²) in [4.78, 5) is 24.0. The van der Waals surface area contributed by atoms with Crippen LogP contribution in [0, 0.1) is 6.92 Å². The number of benzene rings is 2. The van der Waals surface area contributed by atoms with E-state index in [-0.39, 0.29) is 0 Å². The Kier molecular flexibility index (Phi) is 6.97. The summed E-state index contributed by atoms with van der Waals surface area (Å²) in [5.74, 6) is -0.237. The zero-order chi connectivity index (χ0) is 18.9. The lowest BCUT2D eigenvalue weighted by Crippen LogP contribution is -2.29. The Morgan fingerprint density at radius 1 is 1.15 bits per heavy atom. The Hall–Kier alpha value is -3.08. The zero-order valence-corrected chi connectivity index (χ0v) is 15.2. The zero-order valence-electron chi connectivity index (χ0n) is 15.2. The number of carbonyl (C=O) groups is 2. The van der Waals surface area contributed by atoms with Gasteiger partial charge in [0.1, 0.15) is 5.75 Å². The van der Waals surface area contributed by atoms with E-state index >= 15 is 0 Å². The van der Waals surface area contributed by atoms with E-state index in [9.17, 15) is 9.59 Å². The number of hydrogen-bond acceptors (Lipinski definition) is 4. The highest BCUT2D eigenvalue weighted by Gasteiger charge is 2.16. The van der Waals surface area contributed by atoms with Gasteiger partial charge in [0.2, 0.25) is 0 Å². The molecule has 0 radical (unpaired) electrons. The van der Waals surface area contributed by atoms with Crippen LogP contribution in [-0.4, -0.2) is 24.6 Å². The van der Waals surface area contributed by atoms with Crippen molar-refractivity contribution in [1.82, 2.24) is 0 Å². The molecule has 136 valence electrons. The van der Waals surface area contributed by atoms with E-state index in [0.29, 0.717) is 12.3 Å². The fraction of sp³-hybridized carbons (Fsp3) is 0.238. The van der Waals surface area contributed by atoms with Gasteiger partial charge in [0, 0.05) is 11.8 Å². The Morgan fingerprint density at radius 3 is 2.54 bits per heavy atom. The number of hydrogen-bond donors (Lipinski definition) is 1. The standard InChI is InChI=1S/C21H23NO4/c1-4-25-19-11-9-18(10-12-19)22-21(24)16(3)26-20(23)13-8-17-7-5-6-15(2)14-17/h5-14,16H,4H2,1-3H3,(H,22,24)/b13-8+/t16-/m0/s1. The molecule has 1 amide bonds. The van der Waals surface area contributed by atoms with E-state index in [1.807, 2.05) is 38.1 Å². The van der Waals surface area contributed by atoms with Crippen LogP contribution in [0.2, 0.25) is 0 Å². The van der Waals surface area contributed by atoms with Crippen LogP contribution >= 0.6 is 0 Å². The summed E-state index contributed by atoms with van der Waals surface area (Å²) in [6.45, 7) is 5.99. The number of rotatable bonds is 7. The van der Waals surface area contributed by atoms with E-state index in [0.717, 1.165) is 16.9 Å². The monoisotopic (exact) mass is 353 g/mol. The molecule has 0 fully saturated rings. The Labute approximate surface area is 153 Å². The molecule has 0 aliphatic heterocycles. The van der Waals surface area contributed by atoms with Gasteiger partial charge in [-0.15, -0.1) is 0 Å². The molecule has 1 N–H and O–H groups in total. The SMILES string of the molecule is CCOc1ccc(NC(=O)[C@H](C)OC(=O)/C=C/c2cccc(C)c2)cc1. The third kappa shape index (κ3) is 6.09. The first-order valence-electron chi connectivity index (χ1n) is 8.47. The van der Waals surface area contributed by atoms with Crippen LogP contribution in [0.4, 0.5) is 5.69 Å². The fourth-order valence-corrected chi connectivity index (χ4v) is 2.25. The highest BCUT2D eigenvalue weighted by Crippen LogP contribution is 2.16. The van der Waals surface area contributed by atoms with Crippen molar-refractivity contribution >= 4 is 23.6 Å². The second-order valence-electron chi connectivity index (χ2n) is 5.77. The van der Waals surface area contributed by atoms with E-state index in [1.165, 1.54) is 13.0 Å². The molecule has 0 heterocycles. The summed E-state index contributed by atoms with van der Waals surface area (Å²) in [7, 11) is 0. The van der Waals surface area contributed by atoms with Crippen molar-refractivity contribution in [2.24, 2.45) is 0 Å². The molecule has 0 aliphatic carbocycles. The van der Waals surface area contributed by atoms with Gasteiger partial charge in [0.15, 0.2) is 6.10 Å². The lowest BCUT2D eigenvalue weighted by atomic mass is 10.1. The van der Waals surface area contributed by atoms with E-state index in [1.54, 1.807) is 30.3 Å². The summed E-state index contributed by atoms with van der Waals surface area (Å²) in [6, 6.07) is 14.7. The highest BCUT2D eigenvalue weighted by atomic mass is 16.5. The third-order valence-electron chi connectivity index (χ3n) is 3.55. The van der Waals surface area contributed by atoms with Crippen LogP contribution in [-0.2, 0) is 14.3 Å². The maximum absolute atomic E-state index is 12.1.